The average molecular weight is 351 g/mol. The molecule has 9 heteroatoms. The van der Waals surface area contributed by atoms with Crippen molar-refractivity contribution in [2.75, 3.05) is 15.4 Å². The van der Waals surface area contributed by atoms with E-state index in [1.54, 1.807) is 18.5 Å². The van der Waals surface area contributed by atoms with E-state index in [9.17, 15) is 18.0 Å². The Morgan fingerprint density at radius 3 is 2.57 bits per heavy atom. The van der Waals surface area contributed by atoms with Crippen molar-refractivity contribution in [2.24, 2.45) is 5.92 Å². The molecular weight excluding hydrogens is 338 g/mol. The zero-order valence-corrected chi connectivity index (χ0v) is 13.7. The Morgan fingerprint density at radius 2 is 2.04 bits per heavy atom. The second-order valence-electron chi connectivity index (χ2n) is 5.12. The Bertz CT molecular complexity index is 845. The molecule has 0 aliphatic carbocycles. The van der Waals surface area contributed by atoms with Crippen LogP contribution in [0.15, 0.2) is 35.8 Å². The number of benzene rings is 1. The molecule has 0 bridgehead atoms. The van der Waals surface area contributed by atoms with E-state index in [-0.39, 0.29) is 17.3 Å². The Morgan fingerprint density at radius 1 is 1.35 bits per heavy atom. The van der Waals surface area contributed by atoms with E-state index >= 15 is 0 Å². The molecule has 1 saturated heterocycles. The number of sulfonamides is 1. The van der Waals surface area contributed by atoms with Gasteiger partial charge in [0.2, 0.25) is 15.9 Å². The van der Waals surface area contributed by atoms with Crippen LogP contribution in [0, 0.1) is 5.92 Å². The van der Waals surface area contributed by atoms with E-state index in [0.29, 0.717) is 10.7 Å². The van der Waals surface area contributed by atoms with Crippen molar-refractivity contribution in [1.82, 2.24) is 4.98 Å². The van der Waals surface area contributed by atoms with Crippen LogP contribution in [0.5, 0.6) is 0 Å². The molecule has 1 aromatic heterocycles. The van der Waals surface area contributed by atoms with Gasteiger partial charge in [0.15, 0.2) is 5.13 Å². The predicted molar refractivity (Wildman–Crippen MR) is 86.9 cm³/mol. The summed E-state index contributed by atoms with van der Waals surface area (Å²) >= 11 is 1.29. The van der Waals surface area contributed by atoms with Crippen molar-refractivity contribution in [1.29, 1.82) is 0 Å². The van der Waals surface area contributed by atoms with Crippen LogP contribution in [-0.2, 0) is 14.8 Å². The molecule has 1 N–H and O–H groups in total. The zero-order valence-electron chi connectivity index (χ0n) is 12.1. The number of carbonyl (C=O) groups excluding carboxylic acids is 2. The van der Waals surface area contributed by atoms with Gasteiger partial charge in [-0.1, -0.05) is 6.92 Å². The van der Waals surface area contributed by atoms with Crippen LogP contribution < -0.4 is 9.62 Å². The molecule has 2 aromatic rings. The van der Waals surface area contributed by atoms with Crippen LogP contribution in [0.3, 0.4) is 0 Å². The molecule has 1 aliphatic rings. The van der Waals surface area contributed by atoms with Gasteiger partial charge < -0.3 is 0 Å². The molecule has 23 heavy (non-hydrogen) atoms. The fourth-order valence-electron chi connectivity index (χ4n) is 2.29. The molecule has 2 heterocycles. The number of hydrogen-bond acceptors (Lipinski definition) is 6. The summed E-state index contributed by atoms with van der Waals surface area (Å²) in [4.78, 5) is 28.0. The normalized spacial score (nSPS) is 19.8. The van der Waals surface area contributed by atoms with E-state index < -0.39 is 21.8 Å². The summed E-state index contributed by atoms with van der Waals surface area (Å²) in [7, 11) is -3.64. The quantitative estimate of drug-likeness (QED) is 0.908. The predicted octanol–water partition coefficient (Wildman–Crippen LogP) is 1.71. The van der Waals surface area contributed by atoms with Crippen LogP contribution in [0.4, 0.5) is 10.8 Å². The first-order valence-corrected chi connectivity index (χ1v) is 9.25. The minimum atomic E-state index is -3.64. The van der Waals surface area contributed by atoms with Crippen LogP contribution >= 0.6 is 11.3 Å². The molecule has 120 valence electrons. The molecule has 1 fully saturated rings. The zero-order chi connectivity index (χ0) is 16.6. The lowest BCUT2D eigenvalue weighted by molar-refractivity contribution is -0.119. The number of carbonyl (C=O) groups is 2. The minimum absolute atomic E-state index is 0.196. The van der Waals surface area contributed by atoms with Crippen LogP contribution in [0.25, 0.3) is 0 Å². The van der Waals surface area contributed by atoms with Gasteiger partial charge in [0, 0.05) is 17.1 Å². The van der Waals surface area contributed by atoms with Crippen molar-refractivity contribution >= 4 is 44.0 Å². The third kappa shape index (κ3) is 2.97. The summed E-state index contributed by atoms with van der Waals surface area (Å²) in [6, 6.07) is 5.85. The molecule has 2 amide bonds. The number of amides is 2. The van der Waals surface area contributed by atoms with E-state index in [1.165, 1.54) is 35.6 Å². The molecule has 3 rings (SSSR count). The van der Waals surface area contributed by atoms with Gasteiger partial charge in [-0.05, 0) is 24.3 Å². The van der Waals surface area contributed by atoms with Gasteiger partial charge in [-0.3, -0.25) is 14.9 Å². The van der Waals surface area contributed by atoms with E-state index in [1.807, 2.05) is 0 Å². The first-order chi connectivity index (χ1) is 10.9. The van der Waals surface area contributed by atoms with Gasteiger partial charge in [0.1, 0.15) is 0 Å². The van der Waals surface area contributed by atoms with Crippen molar-refractivity contribution in [3.05, 3.63) is 41.4 Å². The summed E-state index contributed by atoms with van der Waals surface area (Å²) < 4.78 is 24.9. The molecule has 0 unspecified atom stereocenters. The van der Waals surface area contributed by atoms with Crippen molar-refractivity contribution in [2.45, 2.75) is 6.92 Å². The maximum Gasteiger partial charge on any atom is 0.257 e. The monoisotopic (exact) mass is 351 g/mol. The second kappa shape index (κ2) is 5.74. The largest absolute Gasteiger partial charge is 0.298 e. The summed E-state index contributed by atoms with van der Waals surface area (Å²) in [6.45, 7) is 1.58. The molecule has 1 aromatic carbocycles. The number of thiazole rings is 1. The van der Waals surface area contributed by atoms with Crippen molar-refractivity contribution in [3.63, 3.8) is 0 Å². The molecule has 1 atom stereocenters. The van der Waals surface area contributed by atoms with E-state index in [0.717, 1.165) is 4.31 Å². The SMILES string of the molecule is C[C@H]1CS(=O)(=O)N(c2ccc(C(=O)Nc3nccs3)cc2)C1=O. The lowest BCUT2D eigenvalue weighted by Gasteiger charge is -2.15. The van der Waals surface area contributed by atoms with Gasteiger partial charge in [-0.25, -0.2) is 17.7 Å². The summed E-state index contributed by atoms with van der Waals surface area (Å²) in [5.74, 6) is -1.56. The Hall–Kier alpha value is -2.26. The average Bonchev–Trinajstić information content (AvgIpc) is 3.06. The maximum atomic E-state index is 12.0. The minimum Gasteiger partial charge on any atom is -0.298 e. The Kier molecular flexibility index (Phi) is 3.90. The second-order valence-corrected chi connectivity index (χ2v) is 7.88. The number of nitrogens with one attached hydrogen (secondary N) is 1. The topological polar surface area (TPSA) is 96.4 Å². The molecular formula is C14H13N3O4S2. The van der Waals surface area contributed by atoms with Crippen LogP contribution in [0.1, 0.15) is 17.3 Å². The van der Waals surface area contributed by atoms with Gasteiger partial charge in [-0.2, -0.15) is 0 Å². The smallest absolute Gasteiger partial charge is 0.257 e. The number of anilines is 2. The lowest BCUT2D eigenvalue weighted by atomic mass is 10.1. The van der Waals surface area contributed by atoms with E-state index in [2.05, 4.69) is 10.3 Å². The highest BCUT2D eigenvalue weighted by atomic mass is 32.2. The van der Waals surface area contributed by atoms with Gasteiger partial charge in [0.05, 0.1) is 17.4 Å². The highest BCUT2D eigenvalue weighted by molar-refractivity contribution is 7.94. The Labute approximate surface area is 137 Å². The third-order valence-electron chi connectivity index (χ3n) is 3.38. The number of nitrogens with zero attached hydrogens (tertiary/aromatic N) is 2. The summed E-state index contributed by atoms with van der Waals surface area (Å²) in [5.41, 5.74) is 0.589. The number of rotatable bonds is 3. The van der Waals surface area contributed by atoms with Gasteiger partial charge in [0.25, 0.3) is 5.91 Å². The van der Waals surface area contributed by atoms with Gasteiger partial charge in [-0.15, -0.1) is 11.3 Å². The van der Waals surface area contributed by atoms with E-state index in [4.69, 9.17) is 0 Å². The van der Waals surface area contributed by atoms with Gasteiger partial charge >= 0.3 is 0 Å². The van der Waals surface area contributed by atoms with Crippen LogP contribution in [-0.4, -0.2) is 31.0 Å². The fourth-order valence-corrected chi connectivity index (χ4v) is 4.63. The number of aromatic nitrogens is 1. The first-order valence-electron chi connectivity index (χ1n) is 6.76. The fraction of sp³-hybridized carbons (Fsp3) is 0.214. The highest BCUT2D eigenvalue weighted by Crippen LogP contribution is 2.28. The maximum absolute atomic E-state index is 12.0. The lowest BCUT2D eigenvalue weighted by Crippen LogP contribution is -2.30. The van der Waals surface area contributed by atoms with Crippen LogP contribution in [0.2, 0.25) is 0 Å². The highest BCUT2D eigenvalue weighted by Gasteiger charge is 2.41. The van der Waals surface area contributed by atoms with Crippen molar-refractivity contribution < 1.29 is 18.0 Å². The Balaban J connectivity index is 1.82. The molecule has 1 aliphatic heterocycles. The first kappa shape index (κ1) is 15.6. The van der Waals surface area contributed by atoms with Crippen molar-refractivity contribution in [3.8, 4) is 0 Å². The molecule has 0 saturated carbocycles. The number of hydrogen-bond donors (Lipinski definition) is 1. The standard InChI is InChI=1S/C14H13N3O4S2/c1-9-8-23(20,21)17(13(9)19)11-4-2-10(3-5-11)12(18)16-14-15-6-7-22-14/h2-7,9H,8H2,1H3,(H,15,16,18)/t9-/m0/s1. The summed E-state index contributed by atoms with van der Waals surface area (Å²) in [5, 5.41) is 4.85. The summed E-state index contributed by atoms with van der Waals surface area (Å²) in [6.07, 6.45) is 1.58. The molecule has 0 radical (unpaired) electrons. The molecule has 0 spiro atoms. The molecule has 7 nitrogen and oxygen atoms in total. The third-order valence-corrected chi connectivity index (χ3v) is 5.93.